The van der Waals surface area contributed by atoms with E-state index in [-0.39, 0.29) is 5.91 Å². The summed E-state index contributed by atoms with van der Waals surface area (Å²) in [5.74, 6) is 0.569. The average Bonchev–Trinajstić information content (AvgIpc) is 2.39. The molecule has 0 aliphatic heterocycles. The molecule has 2 atom stereocenters. The molecule has 104 valence electrons. The number of carbonyl (C=O) groups excluding carboxylic acids is 1. The smallest absolute Gasteiger partial charge is 0.253 e. The van der Waals surface area contributed by atoms with Crippen LogP contribution in [0.2, 0.25) is 0 Å². The first-order chi connectivity index (χ1) is 9.11. The largest absolute Gasteiger partial charge is 0.349 e. The standard InChI is InChI=1S/C15H21BrN2O/c1-10-7-8-13(11(2)17-10)15(19)18-14-6-4-3-5-12(14)9-16/h7-8,12,14H,3-6,9H2,1-2H3,(H,18,19). The summed E-state index contributed by atoms with van der Waals surface area (Å²) >= 11 is 3.56. The molecule has 4 heteroatoms. The topological polar surface area (TPSA) is 42.0 Å². The SMILES string of the molecule is Cc1ccc(C(=O)NC2CCCCC2CBr)c(C)n1. The molecule has 0 bridgehead atoms. The second-order valence-electron chi connectivity index (χ2n) is 5.36. The maximum absolute atomic E-state index is 12.3. The molecule has 1 aliphatic rings. The third kappa shape index (κ3) is 3.56. The van der Waals surface area contributed by atoms with Crippen LogP contribution in [0.15, 0.2) is 12.1 Å². The van der Waals surface area contributed by atoms with Gasteiger partial charge in [0.2, 0.25) is 0 Å². The van der Waals surface area contributed by atoms with Crippen LogP contribution in [0.4, 0.5) is 0 Å². The Morgan fingerprint density at radius 3 is 2.79 bits per heavy atom. The Labute approximate surface area is 123 Å². The Kier molecular flexibility index (Phi) is 4.97. The Bertz CT molecular complexity index is 461. The summed E-state index contributed by atoms with van der Waals surface area (Å²) in [6, 6.07) is 4.06. The van der Waals surface area contributed by atoms with Gasteiger partial charge in [-0.05, 0) is 44.7 Å². The molecule has 1 N–H and O–H groups in total. The number of rotatable bonds is 3. The zero-order valence-electron chi connectivity index (χ0n) is 11.6. The van der Waals surface area contributed by atoms with Gasteiger partial charge >= 0.3 is 0 Å². The van der Waals surface area contributed by atoms with Gasteiger partial charge in [-0.3, -0.25) is 9.78 Å². The van der Waals surface area contributed by atoms with E-state index in [4.69, 9.17) is 0 Å². The van der Waals surface area contributed by atoms with Gasteiger partial charge in [0, 0.05) is 17.1 Å². The lowest BCUT2D eigenvalue weighted by atomic mass is 9.85. The summed E-state index contributed by atoms with van der Waals surface area (Å²) in [6.45, 7) is 3.83. The summed E-state index contributed by atoms with van der Waals surface area (Å²) in [6.07, 6.45) is 4.76. The highest BCUT2D eigenvalue weighted by molar-refractivity contribution is 9.09. The number of pyridine rings is 1. The number of aryl methyl sites for hydroxylation is 2. The number of amides is 1. The van der Waals surface area contributed by atoms with Gasteiger partial charge < -0.3 is 5.32 Å². The highest BCUT2D eigenvalue weighted by Crippen LogP contribution is 2.26. The predicted molar refractivity (Wildman–Crippen MR) is 80.7 cm³/mol. The first-order valence-electron chi connectivity index (χ1n) is 6.93. The number of nitrogens with one attached hydrogen (secondary N) is 1. The van der Waals surface area contributed by atoms with Crippen LogP contribution in [-0.4, -0.2) is 22.3 Å². The number of hydrogen-bond acceptors (Lipinski definition) is 2. The van der Waals surface area contributed by atoms with Crippen LogP contribution in [0.1, 0.15) is 47.4 Å². The predicted octanol–water partition coefficient (Wildman–Crippen LogP) is 3.38. The van der Waals surface area contributed by atoms with Crippen LogP contribution in [0.5, 0.6) is 0 Å². The van der Waals surface area contributed by atoms with Gasteiger partial charge in [0.1, 0.15) is 0 Å². The van der Waals surface area contributed by atoms with Crippen molar-refractivity contribution < 1.29 is 4.79 Å². The minimum Gasteiger partial charge on any atom is -0.349 e. The summed E-state index contributed by atoms with van der Waals surface area (Å²) in [5, 5.41) is 4.15. The molecule has 0 aromatic carbocycles. The molecule has 2 rings (SSSR count). The second kappa shape index (κ2) is 6.51. The molecule has 3 nitrogen and oxygen atoms in total. The van der Waals surface area contributed by atoms with Gasteiger partial charge in [0.15, 0.2) is 0 Å². The van der Waals surface area contributed by atoms with Crippen molar-refractivity contribution in [3.05, 3.63) is 29.1 Å². The third-order valence-electron chi connectivity index (χ3n) is 3.89. The molecule has 19 heavy (non-hydrogen) atoms. The van der Waals surface area contributed by atoms with E-state index in [0.717, 1.165) is 23.1 Å². The van der Waals surface area contributed by atoms with Crippen molar-refractivity contribution in [3.8, 4) is 0 Å². The minimum atomic E-state index is 0.0165. The molecule has 1 heterocycles. The maximum atomic E-state index is 12.3. The summed E-state index contributed by atoms with van der Waals surface area (Å²) in [5.41, 5.74) is 2.46. The Morgan fingerprint density at radius 2 is 2.11 bits per heavy atom. The number of alkyl halides is 1. The van der Waals surface area contributed by atoms with E-state index in [1.165, 1.54) is 19.3 Å². The lowest BCUT2D eigenvalue weighted by molar-refractivity contribution is 0.0910. The molecule has 0 spiro atoms. The molecule has 2 unspecified atom stereocenters. The van der Waals surface area contributed by atoms with E-state index in [2.05, 4.69) is 26.2 Å². The van der Waals surface area contributed by atoms with Gasteiger partial charge in [-0.15, -0.1) is 0 Å². The molecule has 0 saturated heterocycles. The maximum Gasteiger partial charge on any atom is 0.253 e. The third-order valence-corrected chi connectivity index (χ3v) is 4.73. The van der Waals surface area contributed by atoms with Crippen molar-refractivity contribution >= 4 is 21.8 Å². The Morgan fingerprint density at radius 1 is 1.37 bits per heavy atom. The van der Waals surface area contributed by atoms with E-state index >= 15 is 0 Å². The molecular formula is C15H21BrN2O. The fourth-order valence-corrected chi connectivity index (χ4v) is 3.53. The van der Waals surface area contributed by atoms with E-state index in [1.54, 1.807) is 0 Å². The monoisotopic (exact) mass is 324 g/mol. The molecule has 0 radical (unpaired) electrons. The summed E-state index contributed by atoms with van der Waals surface area (Å²) < 4.78 is 0. The molecule has 1 fully saturated rings. The number of halogens is 1. The first kappa shape index (κ1) is 14.5. The number of nitrogens with zero attached hydrogens (tertiary/aromatic N) is 1. The minimum absolute atomic E-state index is 0.0165. The quantitative estimate of drug-likeness (QED) is 0.866. The van der Waals surface area contributed by atoms with Crippen molar-refractivity contribution in [1.29, 1.82) is 0 Å². The Hall–Kier alpha value is -0.900. The Balaban J connectivity index is 2.07. The van der Waals surface area contributed by atoms with E-state index < -0.39 is 0 Å². The van der Waals surface area contributed by atoms with Crippen LogP contribution in [0, 0.1) is 19.8 Å². The highest BCUT2D eigenvalue weighted by Gasteiger charge is 2.26. The van der Waals surface area contributed by atoms with Crippen LogP contribution >= 0.6 is 15.9 Å². The van der Waals surface area contributed by atoms with E-state index in [0.29, 0.717) is 17.5 Å². The van der Waals surface area contributed by atoms with Crippen LogP contribution in [0.25, 0.3) is 0 Å². The normalized spacial score (nSPS) is 23.1. The van der Waals surface area contributed by atoms with Gasteiger partial charge in [0.05, 0.1) is 11.3 Å². The summed E-state index contributed by atoms with van der Waals surface area (Å²) in [7, 11) is 0. The van der Waals surface area contributed by atoms with Crippen molar-refractivity contribution in [1.82, 2.24) is 10.3 Å². The van der Waals surface area contributed by atoms with Crippen molar-refractivity contribution in [2.24, 2.45) is 5.92 Å². The average molecular weight is 325 g/mol. The number of aromatic nitrogens is 1. The zero-order chi connectivity index (χ0) is 13.8. The van der Waals surface area contributed by atoms with E-state index in [1.807, 2.05) is 26.0 Å². The lowest BCUT2D eigenvalue weighted by Crippen LogP contribution is -2.43. The summed E-state index contributed by atoms with van der Waals surface area (Å²) in [4.78, 5) is 16.7. The van der Waals surface area contributed by atoms with E-state index in [9.17, 15) is 4.79 Å². The molecule has 1 aromatic heterocycles. The van der Waals surface area contributed by atoms with Crippen LogP contribution < -0.4 is 5.32 Å². The highest BCUT2D eigenvalue weighted by atomic mass is 79.9. The van der Waals surface area contributed by atoms with Gasteiger partial charge in [-0.1, -0.05) is 28.8 Å². The first-order valence-corrected chi connectivity index (χ1v) is 8.05. The zero-order valence-corrected chi connectivity index (χ0v) is 13.2. The molecule has 1 aliphatic carbocycles. The van der Waals surface area contributed by atoms with Crippen molar-refractivity contribution in [2.75, 3.05) is 5.33 Å². The second-order valence-corrected chi connectivity index (χ2v) is 6.01. The van der Waals surface area contributed by atoms with Crippen LogP contribution in [-0.2, 0) is 0 Å². The molecule has 1 saturated carbocycles. The molecule has 1 amide bonds. The van der Waals surface area contributed by atoms with Gasteiger partial charge in [-0.2, -0.15) is 0 Å². The van der Waals surface area contributed by atoms with Gasteiger partial charge in [-0.25, -0.2) is 0 Å². The fourth-order valence-electron chi connectivity index (χ4n) is 2.76. The number of carbonyl (C=O) groups is 1. The molecular weight excluding hydrogens is 304 g/mol. The lowest BCUT2D eigenvalue weighted by Gasteiger charge is -2.31. The van der Waals surface area contributed by atoms with Crippen molar-refractivity contribution in [2.45, 2.75) is 45.6 Å². The van der Waals surface area contributed by atoms with Crippen LogP contribution in [0.3, 0.4) is 0 Å². The van der Waals surface area contributed by atoms with Gasteiger partial charge in [0.25, 0.3) is 5.91 Å². The fraction of sp³-hybridized carbons (Fsp3) is 0.600. The van der Waals surface area contributed by atoms with Crippen molar-refractivity contribution in [3.63, 3.8) is 0 Å². The number of hydrogen-bond donors (Lipinski definition) is 1. The molecule has 1 aromatic rings.